The van der Waals surface area contributed by atoms with Crippen LogP contribution in [0.25, 0.3) is 6.08 Å². The number of aromatic nitrogens is 2. The maximum atomic E-state index is 12.0. The van der Waals surface area contributed by atoms with E-state index in [1.165, 1.54) is 18.2 Å². The highest BCUT2D eigenvalue weighted by Crippen LogP contribution is 2.22. The van der Waals surface area contributed by atoms with E-state index in [0.717, 1.165) is 5.56 Å². The van der Waals surface area contributed by atoms with Crippen molar-refractivity contribution in [2.45, 2.75) is 20.1 Å². The van der Waals surface area contributed by atoms with Gasteiger partial charge in [-0.15, -0.1) is 0 Å². The topological polar surface area (TPSA) is 87.3 Å². The number of carbonyl (C=O) groups is 1. The molecule has 1 heterocycles. The number of aryl methyl sites for hydroxylation is 1. The van der Waals surface area contributed by atoms with Crippen molar-refractivity contribution in [1.82, 2.24) is 9.78 Å². The first-order valence-electron chi connectivity index (χ1n) is 8.79. The van der Waals surface area contributed by atoms with Gasteiger partial charge >= 0.3 is 5.97 Å². The van der Waals surface area contributed by atoms with E-state index in [9.17, 15) is 14.9 Å². The van der Waals surface area contributed by atoms with Gasteiger partial charge in [0, 0.05) is 23.8 Å². The Morgan fingerprint density at radius 1 is 1.17 bits per heavy atom. The molecular formula is C21H18ClN3O4. The molecule has 0 spiro atoms. The third-order valence-electron chi connectivity index (χ3n) is 4.20. The van der Waals surface area contributed by atoms with Gasteiger partial charge in [-0.05, 0) is 36.3 Å². The van der Waals surface area contributed by atoms with E-state index >= 15 is 0 Å². The summed E-state index contributed by atoms with van der Waals surface area (Å²) < 4.78 is 6.84. The van der Waals surface area contributed by atoms with Crippen LogP contribution in [0.4, 0.5) is 5.69 Å². The van der Waals surface area contributed by atoms with Crippen LogP contribution in [0.1, 0.15) is 22.4 Å². The minimum Gasteiger partial charge on any atom is -0.458 e. The second-order valence-corrected chi connectivity index (χ2v) is 6.66. The van der Waals surface area contributed by atoms with Gasteiger partial charge in [0.25, 0.3) is 5.69 Å². The zero-order chi connectivity index (χ0) is 20.8. The number of hydrogen-bond donors (Lipinski definition) is 0. The summed E-state index contributed by atoms with van der Waals surface area (Å²) in [5, 5.41) is 15.5. The number of nitrogens with zero attached hydrogens (tertiary/aromatic N) is 3. The minimum atomic E-state index is -0.547. The molecule has 148 valence electrons. The van der Waals surface area contributed by atoms with Crippen LogP contribution in [0.3, 0.4) is 0 Å². The second-order valence-electron chi connectivity index (χ2n) is 6.30. The van der Waals surface area contributed by atoms with Crippen molar-refractivity contribution < 1.29 is 14.5 Å². The number of rotatable bonds is 7. The van der Waals surface area contributed by atoms with Crippen molar-refractivity contribution in [1.29, 1.82) is 0 Å². The van der Waals surface area contributed by atoms with E-state index in [1.54, 1.807) is 22.9 Å². The summed E-state index contributed by atoms with van der Waals surface area (Å²) in [6, 6.07) is 15.6. The van der Waals surface area contributed by atoms with E-state index in [1.807, 2.05) is 37.3 Å². The van der Waals surface area contributed by atoms with Gasteiger partial charge in [0.15, 0.2) is 0 Å². The molecule has 0 amide bonds. The lowest BCUT2D eigenvalue weighted by Crippen LogP contribution is -2.02. The number of nitro benzene ring substituents is 1. The number of hydrogen-bond acceptors (Lipinski definition) is 5. The monoisotopic (exact) mass is 411 g/mol. The summed E-state index contributed by atoms with van der Waals surface area (Å²) in [6.45, 7) is 2.36. The Kier molecular flexibility index (Phi) is 6.41. The molecule has 0 bridgehead atoms. The normalized spacial score (nSPS) is 11.0. The molecule has 0 unspecified atom stereocenters. The Bertz CT molecular complexity index is 1040. The molecule has 3 rings (SSSR count). The van der Waals surface area contributed by atoms with Crippen LogP contribution in [-0.2, 0) is 22.7 Å². The zero-order valence-corrected chi connectivity index (χ0v) is 16.4. The third kappa shape index (κ3) is 5.30. The number of benzene rings is 2. The van der Waals surface area contributed by atoms with Crippen molar-refractivity contribution in [3.8, 4) is 0 Å². The smallest absolute Gasteiger partial charge is 0.331 e. The van der Waals surface area contributed by atoms with Gasteiger partial charge in [-0.25, -0.2) is 9.48 Å². The van der Waals surface area contributed by atoms with Crippen molar-refractivity contribution >= 4 is 29.3 Å². The molecule has 0 saturated heterocycles. The molecular weight excluding hydrogens is 394 g/mol. The zero-order valence-electron chi connectivity index (χ0n) is 15.6. The molecule has 0 fully saturated rings. The molecule has 0 aliphatic rings. The van der Waals surface area contributed by atoms with Gasteiger partial charge in [0.1, 0.15) is 11.8 Å². The molecule has 1 aromatic heterocycles. The van der Waals surface area contributed by atoms with Gasteiger partial charge in [0.2, 0.25) is 0 Å². The fourth-order valence-electron chi connectivity index (χ4n) is 2.69. The maximum absolute atomic E-state index is 12.0. The van der Waals surface area contributed by atoms with Crippen molar-refractivity contribution in [3.05, 3.63) is 98.3 Å². The lowest BCUT2D eigenvalue weighted by Gasteiger charge is -2.03. The second kappa shape index (κ2) is 9.16. The first-order chi connectivity index (χ1) is 13.9. The predicted molar refractivity (Wildman–Crippen MR) is 109 cm³/mol. The molecule has 0 saturated carbocycles. The molecule has 0 aliphatic carbocycles. The standard InChI is InChI=1S/C21H18ClN3O4/c1-15-19(21(22)24(23-15)13-16-5-3-2-4-6-16)11-12-20(26)29-14-17-7-9-18(10-8-17)25(27)28/h2-12H,13-14H2,1H3. The molecule has 0 radical (unpaired) electrons. The Morgan fingerprint density at radius 3 is 2.52 bits per heavy atom. The van der Waals surface area contributed by atoms with Crippen LogP contribution >= 0.6 is 11.6 Å². The highest BCUT2D eigenvalue weighted by atomic mass is 35.5. The average Bonchev–Trinajstić information content (AvgIpc) is 2.98. The Balaban J connectivity index is 1.61. The summed E-state index contributed by atoms with van der Waals surface area (Å²) >= 11 is 6.42. The fourth-order valence-corrected chi connectivity index (χ4v) is 2.98. The van der Waals surface area contributed by atoms with Crippen LogP contribution in [-0.4, -0.2) is 20.7 Å². The lowest BCUT2D eigenvalue weighted by molar-refractivity contribution is -0.384. The first kappa shape index (κ1) is 20.3. The molecule has 29 heavy (non-hydrogen) atoms. The van der Waals surface area contributed by atoms with E-state index in [4.69, 9.17) is 16.3 Å². The number of carbonyl (C=O) groups excluding carboxylic acids is 1. The highest BCUT2D eigenvalue weighted by molar-refractivity contribution is 6.31. The predicted octanol–water partition coefficient (Wildman–Crippen LogP) is 4.56. The highest BCUT2D eigenvalue weighted by Gasteiger charge is 2.12. The van der Waals surface area contributed by atoms with Crippen LogP contribution < -0.4 is 0 Å². The van der Waals surface area contributed by atoms with E-state index < -0.39 is 10.9 Å². The van der Waals surface area contributed by atoms with Crippen LogP contribution in [0.2, 0.25) is 5.15 Å². The average molecular weight is 412 g/mol. The third-order valence-corrected chi connectivity index (χ3v) is 4.60. The number of non-ortho nitro benzene ring substituents is 1. The summed E-state index contributed by atoms with van der Waals surface area (Å²) in [5.41, 5.74) is 3.05. The summed E-state index contributed by atoms with van der Waals surface area (Å²) in [5.74, 6) is -0.547. The first-order valence-corrected chi connectivity index (χ1v) is 9.17. The SMILES string of the molecule is Cc1nn(Cc2ccccc2)c(Cl)c1C=CC(=O)OCc1ccc([N+](=O)[O-])cc1. The maximum Gasteiger partial charge on any atom is 0.331 e. The van der Waals surface area contributed by atoms with E-state index in [2.05, 4.69) is 5.10 Å². The van der Waals surface area contributed by atoms with Crippen LogP contribution in [0.5, 0.6) is 0 Å². The molecule has 8 heteroatoms. The van der Waals surface area contributed by atoms with Gasteiger partial charge in [0.05, 0.1) is 17.2 Å². The molecule has 3 aromatic rings. The van der Waals surface area contributed by atoms with Crippen molar-refractivity contribution in [2.75, 3.05) is 0 Å². The Morgan fingerprint density at radius 2 is 1.86 bits per heavy atom. The van der Waals surface area contributed by atoms with Crippen LogP contribution in [0, 0.1) is 17.0 Å². The van der Waals surface area contributed by atoms with E-state index in [-0.39, 0.29) is 12.3 Å². The van der Waals surface area contributed by atoms with Gasteiger partial charge in [-0.1, -0.05) is 41.9 Å². The molecule has 7 nitrogen and oxygen atoms in total. The number of halogens is 1. The molecule has 2 aromatic carbocycles. The minimum absolute atomic E-state index is 0.0150. The molecule has 0 N–H and O–H groups in total. The summed E-state index contributed by atoms with van der Waals surface area (Å²) in [7, 11) is 0. The molecule has 0 atom stereocenters. The summed E-state index contributed by atoms with van der Waals surface area (Å²) in [4.78, 5) is 22.2. The number of nitro groups is 1. The fraction of sp³-hybridized carbons (Fsp3) is 0.143. The Labute approximate surface area is 172 Å². The van der Waals surface area contributed by atoms with Gasteiger partial charge in [-0.2, -0.15) is 5.10 Å². The summed E-state index contributed by atoms with van der Waals surface area (Å²) in [6.07, 6.45) is 2.86. The lowest BCUT2D eigenvalue weighted by atomic mass is 10.2. The largest absolute Gasteiger partial charge is 0.458 e. The van der Waals surface area contributed by atoms with Crippen molar-refractivity contribution in [3.63, 3.8) is 0 Å². The number of esters is 1. The van der Waals surface area contributed by atoms with Crippen LogP contribution in [0.15, 0.2) is 60.7 Å². The number of ether oxygens (including phenoxy) is 1. The van der Waals surface area contributed by atoms with Gasteiger partial charge in [-0.3, -0.25) is 10.1 Å². The van der Waals surface area contributed by atoms with Gasteiger partial charge < -0.3 is 4.74 Å². The Hall–Kier alpha value is -3.45. The quantitative estimate of drug-likeness (QED) is 0.246. The molecule has 0 aliphatic heterocycles. The van der Waals surface area contributed by atoms with E-state index in [0.29, 0.717) is 28.5 Å². The van der Waals surface area contributed by atoms with Crippen molar-refractivity contribution in [2.24, 2.45) is 0 Å².